The highest BCUT2D eigenvalue weighted by molar-refractivity contribution is 7.80. The summed E-state index contributed by atoms with van der Waals surface area (Å²) in [5.74, 6) is 0.959. The van der Waals surface area contributed by atoms with Crippen molar-refractivity contribution in [1.82, 2.24) is 14.9 Å². The van der Waals surface area contributed by atoms with Crippen LogP contribution in [0.25, 0.3) is 11.0 Å². The van der Waals surface area contributed by atoms with Crippen molar-refractivity contribution < 1.29 is 4.90 Å². The minimum Gasteiger partial charge on any atom is -0.357 e. The van der Waals surface area contributed by atoms with E-state index in [9.17, 15) is 0 Å². The lowest BCUT2D eigenvalue weighted by molar-refractivity contribution is -0.856. The summed E-state index contributed by atoms with van der Waals surface area (Å²) in [6.07, 6.45) is 0. The van der Waals surface area contributed by atoms with Gasteiger partial charge in [-0.1, -0.05) is 12.1 Å². The van der Waals surface area contributed by atoms with Crippen LogP contribution in [0, 0.1) is 0 Å². The minimum absolute atomic E-state index is 0.778. The number of rotatable bonds is 3. The number of anilines is 1. The van der Waals surface area contributed by atoms with Crippen LogP contribution in [0.2, 0.25) is 0 Å². The maximum absolute atomic E-state index is 5.50. The van der Waals surface area contributed by atoms with Gasteiger partial charge in [-0.3, -0.25) is 4.90 Å². The number of imidazole rings is 1. The molecule has 1 aliphatic rings. The molecule has 2 heterocycles. The number of thiocarbonyl (C=S) groups is 1. The van der Waals surface area contributed by atoms with E-state index in [0.717, 1.165) is 42.8 Å². The van der Waals surface area contributed by atoms with Gasteiger partial charge in [0, 0.05) is 13.1 Å². The molecule has 2 N–H and O–H groups in total. The second-order valence-corrected chi connectivity index (χ2v) is 5.78. The summed E-state index contributed by atoms with van der Waals surface area (Å²) in [4.78, 5) is 8.20. The molecule has 0 saturated heterocycles. The fraction of sp³-hybridized carbons (Fsp3) is 0.429. The Labute approximate surface area is 124 Å². The van der Waals surface area contributed by atoms with E-state index in [0.29, 0.717) is 0 Å². The molecule has 0 bridgehead atoms. The molecule has 2 aromatic rings. The zero-order chi connectivity index (χ0) is 14.1. The number of fused-ring (bicyclic) bond motifs is 3. The summed E-state index contributed by atoms with van der Waals surface area (Å²) in [6.45, 7) is 3.77. The topological polar surface area (TPSA) is 37.5 Å². The molecule has 0 atom stereocenters. The highest BCUT2D eigenvalue weighted by Crippen LogP contribution is 2.26. The third-order valence-corrected chi connectivity index (χ3v) is 3.93. The van der Waals surface area contributed by atoms with Crippen LogP contribution in [0.4, 0.5) is 5.95 Å². The Morgan fingerprint density at radius 3 is 2.95 bits per heavy atom. The second-order valence-electron chi connectivity index (χ2n) is 5.39. The van der Waals surface area contributed by atoms with Gasteiger partial charge in [-0.2, -0.15) is 0 Å². The Bertz CT molecular complexity index is 634. The molecule has 0 amide bonds. The lowest BCUT2D eigenvalue weighted by Gasteiger charge is -2.18. The number of hydrogen-bond acceptors (Lipinski definition) is 2. The van der Waals surface area contributed by atoms with Crippen molar-refractivity contribution in [2.45, 2.75) is 6.54 Å². The predicted octanol–water partition coefficient (Wildman–Crippen LogP) is -0.125. The monoisotopic (exact) mass is 290 g/mol. The minimum atomic E-state index is 0.778. The average Bonchev–Trinajstić information content (AvgIpc) is 2.96. The maximum Gasteiger partial charge on any atom is 0.213 e. The Morgan fingerprint density at radius 2 is 2.15 bits per heavy atom. The highest BCUT2D eigenvalue weighted by atomic mass is 32.1. The van der Waals surface area contributed by atoms with Gasteiger partial charge in [0.05, 0.1) is 38.2 Å². The van der Waals surface area contributed by atoms with Crippen LogP contribution in [-0.4, -0.2) is 48.4 Å². The van der Waals surface area contributed by atoms with Crippen LogP contribution in [0.3, 0.4) is 0 Å². The quantitative estimate of drug-likeness (QED) is 0.773. The van der Waals surface area contributed by atoms with Crippen LogP contribution in [0.15, 0.2) is 24.3 Å². The fourth-order valence-corrected chi connectivity index (χ4v) is 2.77. The van der Waals surface area contributed by atoms with Gasteiger partial charge in [0.15, 0.2) is 5.11 Å². The van der Waals surface area contributed by atoms with Gasteiger partial charge in [-0.15, -0.1) is 0 Å². The summed E-state index contributed by atoms with van der Waals surface area (Å²) >= 11 is 5.50. The van der Waals surface area contributed by atoms with Gasteiger partial charge in [-0.25, -0.2) is 4.98 Å². The van der Waals surface area contributed by atoms with Crippen molar-refractivity contribution in [2.24, 2.45) is 0 Å². The first-order valence-corrected chi connectivity index (χ1v) is 7.37. The van der Waals surface area contributed by atoms with Gasteiger partial charge in [0.25, 0.3) is 0 Å². The van der Waals surface area contributed by atoms with E-state index in [1.807, 2.05) is 12.1 Å². The van der Waals surface area contributed by atoms with E-state index in [-0.39, 0.29) is 0 Å². The molecule has 6 heteroatoms. The van der Waals surface area contributed by atoms with Crippen molar-refractivity contribution in [2.75, 3.05) is 38.6 Å². The molecule has 1 aromatic carbocycles. The Balaban J connectivity index is 1.77. The van der Waals surface area contributed by atoms with Crippen molar-refractivity contribution >= 4 is 34.3 Å². The number of quaternary nitrogens is 1. The number of likely N-dealkylation sites (N-methyl/N-ethyl adjacent to an activating group) is 1. The van der Waals surface area contributed by atoms with Gasteiger partial charge in [0.1, 0.15) is 0 Å². The van der Waals surface area contributed by atoms with E-state index in [1.54, 1.807) is 0 Å². The van der Waals surface area contributed by atoms with Crippen molar-refractivity contribution in [3.63, 3.8) is 0 Å². The van der Waals surface area contributed by atoms with E-state index in [2.05, 4.69) is 41.0 Å². The summed E-state index contributed by atoms with van der Waals surface area (Å²) in [5.41, 5.74) is 2.22. The predicted molar refractivity (Wildman–Crippen MR) is 85.4 cm³/mol. The molecule has 0 fully saturated rings. The largest absolute Gasteiger partial charge is 0.357 e. The van der Waals surface area contributed by atoms with E-state index >= 15 is 0 Å². The molecule has 5 nitrogen and oxygen atoms in total. The molecule has 0 unspecified atom stereocenters. The Kier molecular flexibility index (Phi) is 3.58. The fourth-order valence-electron chi connectivity index (χ4n) is 2.50. The van der Waals surface area contributed by atoms with Crippen LogP contribution in [0.5, 0.6) is 0 Å². The Hall–Kier alpha value is -1.66. The van der Waals surface area contributed by atoms with Crippen molar-refractivity contribution in [1.29, 1.82) is 0 Å². The first-order chi connectivity index (χ1) is 9.66. The summed E-state index contributed by atoms with van der Waals surface area (Å²) in [5, 5.41) is 4.10. The molecule has 0 radical (unpaired) electrons. The van der Waals surface area contributed by atoms with Crippen LogP contribution >= 0.6 is 12.2 Å². The van der Waals surface area contributed by atoms with Gasteiger partial charge >= 0.3 is 0 Å². The number of nitrogens with zero attached hydrogens (tertiary/aromatic N) is 3. The molecule has 0 saturated carbocycles. The van der Waals surface area contributed by atoms with E-state index in [4.69, 9.17) is 17.2 Å². The molecule has 20 heavy (non-hydrogen) atoms. The average molecular weight is 290 g/mol. The van der Waals surface area contributed by atoms with Gasteiger partial charge < -0.3 is 14.8 Å². The number of nitrogens with one attached hydrogen (secondary N) is 2. The first-order valence-electron chi connectivity index (χ1n) is 6.96. The summed E-state index contributed by atoms with van der Waals surface area (Å²) in [7, 11) is 4.28. The van der Waals surface area contributed by atoms with Crippen molar-refractivity contribution in [3.8, 4) is 0 Å². The molecule has 1 aliphatic heterocycles. The zero-order valence-corrected chi connectivity index (χ0v) is 12.7. The number of aromatic nitrogens is 2. The van der Waals surface area contributed by atoms with E-state index in [1.165, 1.54) is 10.4 Å². The summed E-state index contributed by atoms with van der Waals surface area (Å²) < 4.78 is 2.24. The molecular formula is C14H20N5S+. The standard InChI is InChI=1S/C14H19N5S/c1-17(2)8-7-15-14(20)19-10-9-18-12-6-4-3-5-11(12)16-13(18)19/h3-6H,7-10H2,1-2H3,(H,15,20)/p+1. The number of hydrogen-bond donors (Lipinski definition) is 2. The normalized spacial score (nSPS) is 14.1. The molecule has 1 aromatic heterocycles. The van der Waals surface area contributed by atoms with Crippen molar-refractivity contribution in [3.05, 3.63) is 24.3 Å². The first kappa shape index (κ1) is 13.3. The second kappa shape index (κ2) is 5.38. The molecule has 3 rings (SSSR count). The van der Waals surface area contributed by atoms with Gasteiger partial charge in [-0.05, 0) is 24.4 Å². The Morgan fingerprint density at radius 1 is 1.35 bits per heavy atom. The lowest BCUT2D eigenvalue weighted by atomic mass is 10.3. The smallest absolute Gasteiger partial charge is 0.213 e. The number of para-hydroxylation sites is 2. The molecule has 106 valence electrons. The third kappa shape index (κ3) is 2.36. The third-order valence-electron chi connectivity index (χ3n) is 3.57. The lowest BCUT2D eigenvalue weighted by Crippen LogP contribution is -3.06. The summed E-state index contributed by atoms with van der Waals surface area (Å²) in [6, 6.07) is 8.23. The SMILES string of the molecule is C[NH+](C)CCNC(=S)N1CCn2c1nc1ccccc12. The van der Waals surface area contributed by atoms with E-state index < -0.39 is 0 Å². The van der Waals surface area contributed by atoms with Crippen LogP contribution in [0.1, 0.15) is 0 Å². The van der Waals surface area contributed by atoms with Crippen LogP contribution < -0.4 is 15.1 Å². The van der Waals surface area contributed by atoms with Gasteiger partial charge in [0.2, 0.25) is 5.95 Å². The molecular weight excluding hydrogens is 270 g/mol. The highest BCUT2D eigenvalue weighted by Gasteiger charge is 2.25. The maximum atomic E-state index is 5.50. The zero-order valence-electron chi connectivity index (χ0n) is 11.9. The molecule has 0 spiro atoms. The number of benzene rings is 1. The molecule has 0 aliphatic carbocycles. The van der Waals surface area contributed by atoms with Crippen LogP contribution in [-0.2, 0) is 6.54 Å².